The van der Waals surface area contributed by atoms with Gasteiger partial charge in [0.1, 0.15) is 5.75 Å². The lowest BCUT2D eigenvalue weighted by Crippen LogP contribution is -2.03. The van der Waals surface area contributed by atoms with E-state index < -0.39 is 0 Å². The van der Waals surface area contributed by atoms with E-state index in [1.807, 2.05) is 72.8 Å². The van der Waals surface area contributed by atoms with Crippen LogP contribution in [0.4, 0.5) is 11.5 Å². The van der Waals surface area contributed by atoms with Crippen LogP contribution >= 0.6 is 11.6 Å². The molecule has 1 N–H and O–H groups in total. The van der Waals surface area contributed by atoms with Crippen LogP contribution in [0.2, 0.25) is 5.02 Å². The standard InChI is InChI=1S/C27H24ClN3O/c1-19-3-12-24(13-4-19)29-27-22(17-21-5-10-23(28)11-6-21)18-25(30-31-27)14-7-20-8-15-26(32-2)16-9-20/h3-16,18H,17H2,1-2H3,(H,29,31)/b14-7+. The summed E-state index contributed by atoms with van der Waals surface area (Å²) in [5, 5.41) is 13.0. The van der Waals surface area contributed by atoms with Crippen molar-refractivity contribution in [1.29, 1.82) is 0 Å². The molecule has 4 aromatic rings. The van der Waals surface area contributed by atoms with Crippen molar-refractivity contribution in [1.82, 2.24) is 10.2 Å². The minimum Gasteiger partial charge on any atom is -0.497 e. The topological polar surface area (TPSA) is 47.0 Å². The fourth-order valence-corrected chi connectivity index (χ4v) is 3.39. The van der Waals surface area contributed by atoms with Crippen LogP contribution in [0.15, 0.2) is 78.9 Å². The van der Waals surface area contributed by atoms with Gasteiger partial charge in [-0.15, -0.1) is 10.2 Å². The van der Waals surface area contributed by atoms with Crippen LogP contribution in [0.5, 0.6) is 5.75 Å². The third-order valence-corrected chi connectivity index (χ3v) is 5.33. The highest BCUT2D eigenvalue weighted by atomic mass is 35.5. The predicted molar refractivity (Wildman–Crippen MR) is 133 cm³/mol. The molecule has 0 aliphatic heterocycles. The summed E-state index contributed by atoms with van der Waals surface area (Å²) in [5.41, 5.74) is 6.25. The Balaban J connectivity index is 1.62. The van der Waals surface area contributed by atoms with Crippen LogP contribution in [0.1, 0.15) is 27.9 Å². The maximum atomic E-state index is 6.06. The highest BCUT2D eigenvalue weighted by Crippen LogP contribution is 2.23. The molecule has 0 radical (unpaired) electrons. The van der Waals surface area contributed by atoms with Crippen LogP contribution in [-0.4, -0.2) is 17.3 Å². The number of benzene rings is 3. The summed E-state index contributed by atoms with van der Waals surface area (Å²) in [5.74, 6) is 1.57. The SMILES string of the molecule is COc1ccc(/C=C/c2cc(Cc3ccc(Cl)cc3)c(Nc3ccc(C)cc3)nn2)cc1. The first-order valence-corrected chi connectivity index (χ1v) is 10.7. The number of halogens is 1. The van der Waals surface area contributed by atoms with Crippen LogP contribution < -0.4 is 10.1 Å². The monoisotopic (exact) mass is 441 g/mol. The number of aryl methyl sites for hydroxylation is 1. The van der Waals surface area contributed by atoms with Gasteiger partial charge in [-0.25, -0.2) is 0 Å². The van der Waals surface area contributed by atoms with Gasteiger partial charge in [0, 0.05) is 22.7 Å². The molecule has 4 nitrogen and oxygen atoms in total. The van der Waals surface area contributed by atoms with Gasteiger partial charge in [-0.1, -0.05) is 59.6 Å². The molecule has 160 valence electrons. The van der Waals surface area contributed by atoms with Crippen molar-refractivity contribution in [2.45, 2.75) is 13.3 Å². The molecule has 0 spiro atoms. The van der Waals surface area contributed by atoms with Crippen molar-refractivity contribution in [3.8, 4) is 5.75 Å². The molecule has 0 saturated heterocycles. The lowest BCUT2D eigenvalue weighted by Gasteiger charge is -2.12. The second kappa shape index (κ2) is 10.1. The number of anilines is 2. The van der Waals surface area contributed by atoms with Gasteiger partial charge in [0.05, 0.1) is 12.8 Å². The summed E-state index contributed by atoms with van der Waals surface area (Å²) in [7, 11) is 1.66. The summed E-state index contributed by atoms with van der Waals surface area (Å²) in [6, 6.07) is 26.1. The van der Waals surface area contributed by atoms with Crippen molar-refractivity contribution in [2.24, 2.45) is 0 Å². The summed E-state index contributed by atoms with van der Waals surface area (Å²) in [6.07, 6.45) is 4.70. The zero-order chi connectivity index (χ0) is 22.3. The minimum atomic E-state index is 0.713. The van der Waals surface area contributed by atoms with E-state index in [0.29, 0.717) is 6.42 Å². The number of aromatic nitrogens is 2. The van der Waals surface area contributed by atoms with Crippen molar-refractivity contribution in [3.05, 3.63) is 112 Å². The fourth-order valence-electron chi connectivity index (χ4n) is 3.26. The maximum Gasteiger partial charge on any atom is 0.156 e. The van der Waals surface area contributed by atoms with Crippen molar-refractivity contribution >= 4 is 35.3 Å². The Morgan fingerprint density at radius 1 is 0.875 bits per heavy atom. The van der Waals surface area contributed by atoms with E-state index in [0.717, 1.165) is 44.7 Å². The Morgan fingerprint density at radius 3 is 2.28 bits per heavy atom. The third kappa shape index (κ3) is 5.74. The Bertz CT molecular complexity index is 1200. The Kier molecular flexibility index (Phi) is 6.83. The first-order chi connectivity index (χ1) is 15.6. The number of nitrogens with zero attached hydrogens (tertiary/aromatic N) is 2. The fraction of sp³-hybridized carbons (Fsp3) is 0.111. The molecule has 0 fully saturated rings. The van der Waals surface area contributed by atoms with Gasteiger partial charge in [0.2, 0.25) is 0 Å². The predicted octanol–water partition coefficient (Wildman–Crippen LogP) is 6.95. The molecule has 1 heterocycles. The molecule has 0 aliphatic carbocycles. The van der Waals surface area contributed by atoms with Crippen LogP contribution in [0, 0.1) is 6.92 Å². The third-order valence-electron chi connectivity index (χ3n) is 5.08. The van der Waals surface area contributed by atoms with E-state index in [9.17, 15) is 0 Å². The summed E-state index contributed by atoms with van der Waals surface area (Å²) >= 11 is 6.06. The zero-order valence-corrected chi connectivity index (χ0v) is 18.8. The molecular weight excluding hydrogens is 418 g/mol. The quantitative estimate of drug-likeness (QED) is 0.337. The van der Waals surface area contributed by atoms with E-state index in [4.69, 9.17) is 16.3 Å². The molecule has 0 atom stereocenters. The molecule has 4 rings (SSSR count). The van der Waals surface area contributed by atoms with Gasteiger partial charge in [-0.05, 0) is 66.6 Å². The number of nitrogens with one attached hydrogen (secondary N) is 1. The Hall–Kier alpha value is -3.63. The molecule has 1 aromatic heterocycles. The van der Waals surface area contributed by atoms with E-state index >= 15 is 0 Å². The summed E-state index contributed by atoms with van der Waals surface area (Å²) in [6.45, 7) is 2.07. The van der Waals surface area contributed by atoms with E-state index in [1.165, 1.54) is 5.56 Å². The molecule has 0 aliphatic rings. The van der Waals surface area contributed by atoms with Crippen LogP contribution in [0.3, 0.4) is 0 Å². The van der Waals surface area contributed by atoms with Crippen LogP contribution in [0.25, 0.3) is 12.2 Å². The van der Waals surface area contributed by atoms with Crippen molar-refractivity contribution in [2.75, 3.05) is 12.4 Å². The molecule has 0 amide bonds. The van der Waals surface area contributed by atoms with Gasteiger partial charge >= 0.3 is 0 Å². The number of hydrogen-bond donors (Lipinski definition) is 1. The van der Waals surface area contributed by atoms with Gasteiger partial charge in [0.15, 0.2) is 5.82 Å². The Morgan fingerprint density at radius 2 is 1.59 bits per heavy atom. The molecule has 0 bridgehead atoms. The van der Waals surface area contributed by atoms with Gasteiger partial charge in [-0.2, -0.15) is 0 Å². The van der Waals surface area contributed by atoms with Gasteiger partial charge < -0.3 is 10.1 Å². The highest BCUT2D eigenvalue weighted by Gasteiger charge is 2.09. The number of methoxy groups -OCH3 is 1. The first kappa shape index (κ1) is 21.6. The molecule has 5 heteroatoms. The lowest BCUT2D eigenvalue weighted by atomic mass is 10.0. The average Bonchev–Trinajstić information content (AvgIpc) is 2.82. The number of rotatable bonds is 7. The molecule has 3 aromatic carbocycles. The smallest absolute Gasteiger partial charge is 0.156 e. The van der Waals surface area contributed by atoms with Gasteiger partial charge in [-0.3, -0.25) is 0 Å². The zero-order valence-electron chi connectivity index (χ0n) is 18.0. The highest BCUT2D eigenvalue weighted by molar-refractivity contribution is 6.30. The minimum absolute atomic E-state index is 0.713. The maximum absolute atomic E-state index is 6.06. The summed E-state index contributed by atoms with van der Waals surface area (Å²) in [4.78, 5) is 0. The second-order valence-corrected chi connectivity index (χ2v) is 7.98. The number of hydrogen-bond acceptors (Lipinski definition) is 4. The second-order valence-electron chi connectivity index (χ2n) is 7.54. The molecule has 0 unspecified atom stereocenters. The molecule has 32 heavy (non-hydrogen) atoms. The normalized spacial score (nSPS) is 11.0. The number of ether oxygens (including phenoxy) is 1. The van der Waals surface area contributed by atoms with E-state index in [2.05, 4.69) is 40.6 Å². The Labute approximate surface area is 193 Å². The lowest BCUT2D eigenvalue weighted by molar-refractivity contribution is 0.415. The molecular formula is C27H24ClN3O. The van der Waals surface area contributed by atoms with Crippen molar-refractivity contribution < 1.29 is 4.74 Å². The first-order valence-electron chi connectivity index (χ1n) is 10.4. The van der Waals surface area contributed by atoms with Gasteiger partial charge in [0.25, 0.3) is 0 Å². The van der Waals surface area contributed by atoms with Crippen LogP contribution in [-0.2, 0) is 6.42 Å². The van der Waals surface area contributed by atoms with Crippen molar-refractivity contribution in [3.63, 3.8) is 0 Å². The largest absolute Gasteiger partial charge is 0.497 e. The van der Waals surface area contributed by atoms with E-state index in [1.54, 1.807) is 7.11 Å². The molecule has 0 saturated carbocycles. The average molecular weight is 442 g/mol. The van der Waals surface area contributed by atoms with E-state index in [-0.39, 0.29) is 0 Å². The summed E-state index contributed by atoms with van der Waals surface area (Å²) < 4.78 is 5.22.